The molecule has 0 unspecified atom stereocenters. The lowest BCUT2D eigenvalue weighted by molar-refractivity contribution is -0.385. The van der Waals surface area contributed by atoms with Crippen molar-refractivity contribution in [2.24, 2.45) is 7.05 Å². The zero-order valence-electron chi connectivity index (χ0n) is 19.7. The normalized spacial score (nSPS) is 11.0. The summed E-state index contributed by atoms with van der Waals surface area (Å²) < 4.78 is 22.7. The summed E-state index contributed by atoms with van der Waals surface area (Å²) in [6, 6.07) is 13.6. The molecule has 3 aromatic heterocycles. The number of non-ortho nitro benzene ring substituents is 1. The summed E-state index contributed by atoms with van der Waals surface area (Å²) in [7, 11) is 1.66. The number of nitrogen functional groups attached to an aromatic ring is 1. The van der Waals surface area contributed by atoms with Crippen LogP contribution in [-0.2, 0) is 7.05 Å². The number of anilines is 1. The molecule has 0 aliphatic carbocycles. The van der Waals surface area contributed by atoms with Crippen molar-refractivity contribution in [1.82, 2.24) is 19.5 Å². The molecule has 0 aliphatic heterocycles. The third-order valence-corrected chi connectivity index (χ3v) is 5.92. The highest BCUT2D eigenvalue weighted by molar-refractivity contribution is 6.10. The number of ether oxygens (including phenoxy) is 1. The quantitative estimate of drug-likeness (QED) is 0.190. The number of carbonyl (C=O) groups excluding carboxylic acids is 1. The van der Waals surface area contributed by atoms with Crippen LogP contribution in [0.4, 0.5) is 15.9 Å². The Morgan fingerprint density at radius 3 is 2.59 bits per heavy atom. The summed E-state index contributed by atoms with van der Waals surface area (Å²) in [5, 5.41) is 11.6. The Balaban J connectivity index is 1.75. The van der Waals surface area contributed by atoms with Gasteiger partial charge < -0.3 is 15.0 Å². The van der Waals surface area contributed by atoms with E-state index in [-0.39, 0.29) is 22.6 Å². The van der Waals surface area contributed by atoms with E-state index in [0.717, 1.165) is 11.8 Å². The number of carbonyl (C=O) groups is 1. The molecular formula is C26H19FN6O4. The van der Waals surface area contributed by atoms with Crippen LogP contribution < -0.4 is 10.5 Å². The summed E-state index contributed by atoms with van der Waals surface area (Å²) in [6.07, 6.45) is 1.94. The van der Waals surface area contributed by atoms with E-state index in [1.165, 1.54) is 18.5 Å². The predicted molar refractivity (Wildman–Crippen MR) is 135 cm³/mol. The van der Waals surface area contributed by atoms with Crippen molar-refractivity contribution < 1.29 is 18.8 Å². The number of halogens is 1. The van der Waals surface area contributed by atoms with Crippen LogP contribution in [-0.4, -0.2) is 30.7 Å². The molecule has 0 bridgehead atoms. The maximum atomic E-state index is 15.2. The number of aryl methyl sites for hydroxylation is 2. The minimum atomic E-state index is -0.814. The van der Waals surface area contributed by atoms with Crippen LogP contribution in [0.2, 0.25) is 0 Å². The van der Waals surface area contributed by atoms with Crippen LogP contribution >= 0.6 is 0 Å². The van der Waals surface area contributed by atoms with Gasteiger partial charge in [0.05, 0.1) is 22.1 Å². The topological polar surface area (TPSA) is 139 Å². The van der Waals surface area contributed by atoms with Gasteiger partial charge in [-0.1, -0.05) is 6.07 Å². The SMILES string of the molecule is Cc1cccc(Oc2ccc(-c3c(-c4ccc([N+](=O)[O-])cc4F)n(C)c4ncnc(N)c34)c(C=O)c2)n1. The molecule has 37 heavy (non-hydrogen) atoms. The second-order valence-corrected chi connectivity index (χ2v) is 8.25. The van der Waals surface area contributed by atoms with Gasteiger partial charge >= 0.3 is 0 Å². The zero-order valence-corrected chi connectivity index (χ0v) is 19.7. The largest absolute Gasteiger partial charge is 0.439 e. The lowest BCUT2D eigenvalue weighted by Gasteiger charge is -2.13. The molecule has 2 N–H and O–H groups in total. The summed E-state index contributed by atoms with van der Waals surface area (Å²) in [6.45, 7) is 1.83. The summed E-state index contributed by atoms with van der Waals surface area (Å²) >= 11 is 0. The first-order valence-electron chi connectivity index (χ1n) is 11.0. The molecule has 0 atom stereocenters. The molecule has 5 aromatic rings. The minimum Gasteiger partial charge on any atom is -0.439 e. The van der Waals surface area contributed by atoms with E-state index in [1.807, 2.05) is 13.0 Å². The number of nitrogens with two attached hydrogens (primary N) is 1. The fourth-order valence-corrected chi connectivity index (χ4v) is 4.29. The van der Waals surface area contributed by atoms with E-state index >= 15 is 4.39 Å². The first-order chi connectivity index (χ1) is 17.8. The van der Waals surface area contributed by atoms with Crippen LogP contribution in [0.15, 0.2) is 60.9 Å². The maximum Gasteiger partial charge on any atom is 0.272 e. The molecule has 0 aliphatic rings. The van der Waals surface area contributed by atoms with Crippen LogP contribution in [0, 0.1) is 22.9 Å². The first kappa shape index (κ1) is 23.5. The third kappa shape index (κ3) is 4.12. The average molecular weight is 498 g/mol. The third-order valence-electron chi connectivity index (χ3n) is 5.92. The second kappa shape index (κ2) is 9.11. The summed E-state index contributed by atoms with van der Waals surface area (Å²) in [5.74, 6) is 0.0499. The van der Waals surface area contributed by atoms with E-state index < -0.39 is 10.7 Å². The zero-order chi connectivity index (χ0) is 26.3. The summed E-state index contributed by atoms with van der Waals surface area (Å²) in [4.78, 5) is 35.4. The standard InChI is InChI=1S/C26H19FN6O4/c1-14-4-3-5-21(31-14)37-17-7-9-18(15(10-17)12-34)22-23-25(28)29-13-30-26(23)32(2)24(22)19-8-6-16(33(35)36)11-20(19)27/h3-13H,1-2H3,(H2,28,29,30). The first-order valence-corrected chi connectivity index (χ1v) is 11.0. The smallest absolute Gasteiger partial charge is 0.272 e. The number of nitro groups is 1. The van der Waals surface area contributed by atoms with Crippen LogP contribution in [0.3, 0.4) is 0 Å². The van der Waals surface area contributed by atoms with E-state index in [0.29, 0.717) is 45.8 Å². The molecule has 2 aromatic carbocycles. The number of benzene rings is 2. The van der Waals surface area contributed by atoms with Gasteiger partial charge in [0.15, 0.2) is 6.29 Å². The van der Waals surface area contributed by atoms with Crippen LogP contribution in [0.5, 0.6) is 11.6 Å². The maximum absolute atomic E-state index is 15.2. The molecule has 0 fully saturated rings. The summed E-state index contributed by atoms with van der Waals surface area (Å²) in [5.41, 5.74) is 8.48. The molecule has 11 heteroatoms. The van der Waals surface area contributed by atoms with Gasteiger partial charge in [-0.15, -0.1) is 0 Å². The predicted octanol–water partition coefficient (Wildman–Crippen LogP) is 5.24. The highest BCUT2D eigenvalue weighted by Crippen LogP contribution is 2.44. The molecular weight excluding hydrogens is 479 g/mol. The highest BCUT2D eigenvalue weighted by atomic mass is 19.1. The van der Waals surface area contributed by atoms with Gasteiger partial charge in [-0.3, -0.25) is 14.9 Å². The van der Waals surface area contributed by atoms with Crippen molar-refractivity contribution in [2.75, 3.05) is 5.73 Å². The molecule has 0 saturated carbocycles. The van der Waals surface area contributed by atoms with Crippen LogP contribution in [0.1, 0.15) is 16.1 Å². The minimum absolute atomic E-state index is 0.0710. The molecule has 10 nitrogen and oxygen atoms in total. The molecule has 0 spiro atoms. The Hall–Kier alpha value is -5.19. The van der Waals surface area contributed by atoms with E-state index in [1.54, 1.807) is 41.9 Å². The Kier molecular flexibility index (Phi) is 5.80. The van der Waals surface area contributed by atoms with Gasteiger partial charge in [-0.2, -0.15) is 0 Å². The van der Waals surface area contributed by atoms with Crippen molar-refractivity contribution in [3.8, 4) is 34.0 Å². The average Bonchev–Trinajstić information content (AvgIpc) is 3.17. The molecule has 0 saturated heterocycles. The van der Waals surface area contributed by atoms with Gasteiger partial charge in [0.25, 0.3) is 5.69 Å². The number of fused-ring (bicyclic) bond motifs is 1. The van der Waals surface area contributed by atoms with Crippen LogP contribution in [0.25, 0.3) is 33.4 Å². The van der Waals surface area contributed by atoms with Gasteiger partial charge in [-0.25, -0.2) is 19.3 Å². The van der Waals surface area contributed by atoms with Gasteiger partial charge in [0.2, 0.25) is 5.88 Å². The monoisotopic (exact) mass is 498 g/mol. The Labute approximate surface area is 209 Å². The van der Waals surface area contributed by atoms with Crippen molar-refractivity contribution in [3.05, 3.63) is 88.1 Å². The lowest BCUT2D eigenvalue weighted by Crippen LogP contribution is -1.98. The number of rotatable bonds is 6. The fourth-order valence-electron chi connectivity index (χ4n) is 4.29. The van der Waals surface area contributed by atoms with Gasteiger partial charge in [-0.05, 0) is 42.8 Å². The van der Waals surface area contributed by atoms with Gasteiger partial charge in [0.1, 0.15) is 29.4 Å². The number of nitrogens with zero attached hydrogens (tertiary/aromatic N) is 5. The van der Waals surface area contributed by atoms with E-state index in [4.69, 9.17) is 10.5 Å². The van der Waals surface area contributed by atoms with E-state index in [9.17, 15) is 14.9 Å². The Morgan fingerprint density at radius 2 is 1.89 bits per heavy atom. The lowest BCUT2D eigenvalue weighted by atomic mass is 9.94. The number of hydrogen-bond acceptors (Lipinski definition) is 8. The molecule has 0 amide bonds. The fraction of sp³-hybridized carbons (Fsp3) is 0.0769. The molecule has 5 rings (SSSR count). The highest BCUT2D eigenvalue weighted by Gasteiger charge is 2.26. The van der Waals surface area contributed by atoms with Crippen molar-refractivity contribution in [1.29, 1.82) is 0 Å². The Bertz CT molecular complexity index is 1720. The van der Waals surface area contributed by atoms with E-state index in [2.05, 4.69) is 15.0 Å². The number of aldehydes is 1. The number of nitro benzene ring substituents is 1. The second-order valence-electron chi connectivity index (χ2n) is 8.25. The van der Waals surface area contributed by atoms with Crippen molar-refractivity contribution in [2.45, 2.75) is 6.92 Å². The molecule has 0 radical (unpaired) electrons. The Morgan fingerprint density at radius 1 is 1.11 bits per heavy atom. The number of pyridine rings is 1. The van der Waals surface area contributed by atoms with Crippen molar-refractivity contribution >= 4 is 28.8 Å². The number of aromatic nitrogens is 4. The molecule has 3 heterocycles. The molecule has 184 valence electrons. The number of hydrogen-bond donors (Lipinski definition) is 1. The van der Waals surface area contributed by atoms with Crippen molar-refractivity contribution in [3.63, 3.8) is 0 Å². The van der Waals surface area contributed by atoms with Gasteiger partial charge in [0, 0.05) is 41.6 Å².